The van der Waals surface area contributed by atoms with Gasteiger partial charge in [0.1, 0.15) is 6.23 Å². The number of aromatic nitrogens is 1. The van der Waals surface area contributed by atoms with Crippen molar-refractivity contribution >= 4 is 0 Å². The summed E-state index contributed by atoms with van der Waals surface area (Å²) in [6.45, 7) is 4.19. The first kappa shape index (κ1) is 12.3. The topological polar surface area (TPSA) is 51.2 Å². The largest absolute Gasteiger partial charge is 0.379 e. The Morgan fingerprint density at radius 3 is 2.60 bits per heavy atom. The van der Waals surface area contributed by atoms with Crippen LogP contribution in [0.3, 0.4) is 0 Å². The van der Waals surface area contributed by atoms with Crippen LogP contribution in [-0.2, 0) is 13.5 Å². The van der Waals surface area contributed by atoms with Crippen molar-refractivity contribution in [3.8, 4) is 0 Å². The summed E-state index contributed by atoms with van der Waals surface area (Å²) < 4.78 is 2.14. The maximum Gasteiger partial charge on any atom is 0.105 e. The van der Waals surface area contributed by atoms with Crippen molar-refractivity contribution in [3.63, 3.8) is 0 Å². The first-order valence-electron chi connectivity index (χ1n) is 5.60. The van der Waals surface area contributed by atoms with Crippen molar-refractivity contribution in [2.75, 3.05) is 0 Å². The lowest BCUT2D eigenvalue weighted by molar-refractivity contribution is 0.106. The summed E-state index contributed by atoms with van der Waals surface area (Å²) in [4.78, 5) is 0. The quantitative estimate of drug-likeness (QED) is 0.725. The molecule has 1 aromatic heterocycles. The molecule has 86 valence electrons. The molecule has 3 heteroatoms. The molecule has 3 nitrogen and oxygen atoms in total. The van der Waals surface area contributed by atoms with E-state index in [2.05, 4.69) is 37.7 Å². The standard InChI is InChI=1S/C12H22N2O/c1-4-10(12(13)15)5-6-11-9(2)7-8-14(11)3/h7-8,10,12,15H,4-6,13H2,1-3H3. The highest BCUT2D eigenvalue weighted by Gasteiger charge is 2.14. The van der Waals surface area contributed by atoms with Crippen LogP contribution >= 0.6 is 0 Å². The van der Waals surface area contributed by atoms with Gasteiger partial charge in [0.05, 0.1) is 0 Å². The van der Waals surface area contributed by atoms with Crippen LogP contribution in [0.2, 0.25) is 0 Å². The van der Waals surface area contributed by atoms with Crippen molar-refractivity contribution in [1.29, 1.82) is 0 Å². The molecule has 1 heterocycles. The van der Waals surface area contributed by atoms with Gasteiger partial charge in [-0.25, -0.2) is 0 Å². The zero-order valence-corrected chi connectivity index (χ0v) is 9.90. The monoisotopic (exact) mass is 210 g/mol. The Bertz CT molecular complexity index is 285. The molecular formula is C12H22N2O. The van der Waals surface area contributed by atoms with Gasteiger partial charge in [0, 0.05) is 18.9 Å². The lowest BCUT2D eigenvalue weighted by Gasteiger charge is -2.18. The fraction of sp³-hybridized carbons (Fsp3) is 0.667. The van der Waals surface area contributed by atoms with Crippen LogP contribution in [0.25, 0.3) is 0 Å². The molecule has 0 spiro atoms. The second-order valence-electron chi connectivity index (χ2n) is 4.25. The SMILES string of the molecule is CCC(CCc1c(C)ccn1C)C(N)O. The Hall–Kier alpha value is -0.800. The minimum Gasteiger partial charge on any atom is -0.379 e. The second kappa shape index (κ2) is 5.33. The van der Waals surface area contributed by atoms with Crippen molar-refractivity contribution in [2.24, 2.45) is 18.7 Å². The summed E-state index contributed by atoms with van der Waals surface area (Å²) in [5.74, 6) is 0.208. The molecule has 0 aliphatic rings. The van der Waals surface area contributed by atoms with Gasteiger partial charge in [-0.1, -0.05) is 6.92 Å². The smallest absolute Gasteiger partial charge is 0.105 e. The molecule has 0 aliphatic carbocycles. The number of aliphatic hydroxyl groups is 1. The molecule has 0 aromatic carbocycles. The summed E-state index contributed by atoms with van der Waals surface area (Å²) in [5.41, 5.74) is 8.17. The van der Waals surface area contributed by atoms with Crippen molar-refractivity contribution < 1.29 is 5.11 Å². The first-order valence-corrected chi connectivity index (χ1v) is 5.60. The van der Waals surface area contributed by atoms with Crippen molar-refractivity contribution in [1.82, 2.24) is 4.57 Å². The molecule has 0 aliphatic heterocycles. The van der Waals surface area contributed by atoms with Crippen LogP contribution in [0.1, 0.15) is 31.0 Å². The summed E-state index contributed by atoms with van der Waals surface area (Å²) in [6, 6.07) is 2.12. The number of nitrogens with two attached hydrogens (primary N) is 1. The average Bonchev–Trinajstić information content (AvgIpc) is 2.49. The van der Waals surface area contributed by atoms with E-state index in [4.69, 9.17) is 5.73 Å². The van der Waals surface area contributed by atoms with Gasteiger partial charge in [-0.15, -0.1) is 0 Å². The van der Waals surface area contributed by atoms with Crippen LogP contribution < -0.4 is 5.73 Å². The fourth-order valence-electron chi connectivity index (χ4n) is 2.00. The highest BCUT2D eigenvalue weighted by molar-refractivity contribution is 5.20. The molecule has 0 saturated heterocycles. The van der Waals surface area contributed by atoms with Crippen LogP contribution in [0, 0.1) is 12.8 Å². The van der Waals surface area contributed by atoms with E-state index in [9.17, 15) is 5.11 Å². The van der Waals surface area contributed by atoms with E-state index in [-0.39, 0.29) is 5.92 Å². The van der Waals surface area contributed by atoms with E-state index in [0.29, 0.717) is 0 Å². The van der Waals surface area contributed by atoms with Crippen LogP contribution in [-0.4, -0.2) is 15.9 Å². The van der Waals surface area contributed by atoms with Gasteiger partial charge in [0.2, 0.25) is 0 Å². The number of aryl methyl sites for hydroxylation is 2. The van der Waals surface area contributed by atoms with E-state index >= 15 is 0 Å². The molecule has 0 amide bonds. The number of hydrogen-bond donors (Lipinski definition) is 2. The Kier molecular flexibility index (Phi) is 4.36. The molecule has 1 aromatic rings. The Morgan fingerprint density at radius 2 is 2.20 bits per heavy atom. The van der Waals surface area contributed by atoms with Gasteiger partial charge in [-0.3, -0.25) is 0 Å². The molecule has 15 heavy (non-hydrogen) atoms. The maximum absolute atomic E-state index is 9.35. The van der Waals surface area contributed by atoms with E-state index in [1.165, 1.54) is 11.3 Å². The number of rotatable bonds is 5. The van der Waals surface area contributed by atoms with E-state index in [1.807, 2.05) is 0 Å². The Labute approximate surface area is 91.9 Å². The molecule has 0 bridgehead atoms. The van der Waals surface area contributed by atoms with Crippen LogP contribution in [0.4, 0.5) is 0 Å². The minimum absolute atomic E-state index is 0.208. The maximum atomic E-state index is 9.35. The zero-order valence-electron chi connectivity index (χ0n) is 9.90. The number of aliphatic hydroxyl groups excluding tert-OH is 1. The third-order valence-electron chi connectivity index (χ3n) is 3.19. The lowest BCUT2D eigenvalue weighted by Crippen LogP contribution is -2.29. The summed E-state index contributed by atoms with van der Waals surface area (Å²) in [7, 11) is 2.06. The summed E-state index contributed by atoms with van der Waals surface area (Å²) in [5, 5.41) is 9.35. The number of hydrogen-bond acceptors (Lipinski definition) is 2. The van der Waals surface area contributed by atoms with Gasteiger partial charge >= 0.3 is 0 Å². The highest BCUT2D eigenvalue weighted by Crippen LogP contribution is 2.17. The lowest BCUT2D eigenvalue weighted by atomic mass is 9.97. The van der Waals surface area contributed by atoms with Gasteiger partial charge in [-0.05, 0) is 43.7 Å². The van der Waals surface area contributed by atoms with Crippen LogP contribution in [0.15, 0.2) is 12.3 Å². The first-order chi connectivity index (χ1) is 7.06. The summed E-state index contributed by atoms with van der Waals surface area (Å²) >= 11 is 0. The highest BCUT2D eigenvalue weighted by atomic mass is 16.3. The predicted molar refractivity (Wildman–Crippen MR) is 62.4 cm³/mol. The molecule has 2 atom stereocenters. The van der Waals surface area contributed by atoms with Gasteiger partial charge in [0.15, 0.2) is 0 Å². The van der Waals surface area contributed by atoms with E-state index in [0.717, 1.165) is 19.3 Å². The number of nitrogens with zero attached hydrogens (tertiary/aromatic N) is 1. The molecular weight excluding hydrogens is 188 g/mol. The Morgan fingerprint density at radius 1 is 1.53 bits per heavy atom. The van der Waals surface area contributed by atoms with Crippen molar-refractivity contribution in [2.45, 2.75) is 39.3 Å². The van der Waals surface area contributed by atoms with Gasteiger partial charge < -0.3 is 15.4 Å². The average molecular weight is 210 g/mol. The van der Waals surface area contributed by atoms with E-state index in [1.54, 1.807) is 0 Å². The van der Waals surface area contributed by atoms with Gasteiger partial charge in [0.25, 0.3) is 0 Å². The molecule has 0 radical (unpaired) electrons. The zero-order chi connectivity index (χ0) is 11.4. The molecule has 0 saturated carbocycles. The summed E-state index contributed by atoms with van der Waals surface area (Å²) in [6.07, 6.45) is 4.26. The third kappa shape index (κ3) is 3.08. The fourth-order valence-corrected chi connectivity index (χ4v) is 2.00. The van der Waals surface area contributed by atoms with Crippen molar-refractivity contribution in [3.05, 3.63) is 23.5 Å². The Balaban J connectivity index is 2.56. The molecule has 2 unspecified atom stereocenters. The molecule has 3 N–H and O–H groups in total. The van der Waals surface area contributed by atoms with Crippen LogP contribution in [0.5, 0.6) is 0 Å². The minimum atomic E-state index is -0.685. The third-order valence-corrected chi connectivity index (χ3v) is 3.19. The second-order valence-corrected chi connectivity index (χ2v) is 4.25. The normalized spacial score (nSPS) is 15.3. The molecule has 1 rings (SSSR count). The molecule has 0 fully saturated rings. The van der Waals surface area contributed by atoms with E-state index < -0.39 is 6.23 Å². The predicted octanol–water partition coefficient (Wildman–Crippen LogP) is 1.57. The van der Waals surface area contributed by atoms with Gasteiger partial charge in [-0.2, -0.15) is 0 Å².